The minimum Gasteiger partial charge on any atom is -0.348 e. The van der Waals surface area contributed by atoms with E-state index >= 15 is 0 Å². The fourth-order valence-corrected chi connectivity index (χ4v) is 4.07. The number of amides is 4. The van der Waals surface area contributed by atoms with Crippen LogP contribution in [0.2, 0.25) is 0 Å². The maximum absolute atomic E-state index is 13.0. The molecule has 1 aliphatic heterocycles. The van der Waals surface area contributed by atoms with Crippen LogP contribution in [0.1, 0.15) is 36.6 Å². The third-order valence-corrected chi connectivity index (χ3v) is 6.52. The summed E-state index contributed by atoms with van der Waals surface area (Å²) in [7, 11) is -3.31. The van der Waals surface area contributed by atoms with Crippen LogP contribution in [0.4, 0.5) is 4.79 Å². The van der Waals surface area contributed by atoms with Crippen LogP contribution in [0, 0.1) is 6.92 Å². The Bertz CT molecular complexity index is 1130. The largest absolute Gasteiger partial charge is 0.348 e. The van der Waals surface area contributed by atoms with Crippen LogP contribution in [-0.4, -0.2) is 44.0 Å². The van der Waals surface area contributed by atoms with E-state index in [-0.39, 0.29) is 4.90 Å². The molecule has 3 rings (SSSR count). The van der Waals surface area contributed by atoms with Crippen LogP contribution in [0.3, 0.4) is 0 Å². The van der Waals surface area contributed by atoms with Gasteiger partial charge in [0.05, 0.1) is 10.9 Å². The van der Waals surface area contributed by atoms with Crippen molar-refractivity contribution in [3.05, 3.63) is 65.2 Å². The third-order valence-electron chi connectivity index (χ3n) is 5.39. The average molecular weight is 444 g/mol. The lowest BCUT2D eigenvalue weighted by Crippen LogP contribution is -2.43. The lowest BCUT2D eigenvalue weighted by atomic mass is 9.91. The Morgan fingerprint density at radius 1 is 1.10 bits per heavy atom. The Morgan fingerprint density at radius 2 is 1.68 bits per heavy atom. The second kappa shape index (κ2) is 8.14. The summed E-state index contributed by atoms with van der Waals surface area (Å²) < 4.78 is 23.1. The lowest BCUT2D eigenvalue weighted by Gasteiger charge is -2.22. The molecule has 4 amide bonds. The van der Waals surface area contributed by atoms with Crippen molar-refractivity contribution in [1.29, 1.82) is 0 Å². The summed E-state index contributed by atoms with van der Waals surface area (Å²) in [5, 5.41) is 5.41. The molecular formula is C22H25N3O5S. The van der Waals surface area contributed by atoms with Gasteiger partial charge in [-0.15, -0.1) is 0 Å². The highest BCUT2D eigenvalue weighted by Gasteiger charge is 2.49. The molecule has 2 aromatic carbocycles. The molecule has 1 saturated heterocycles. The molecule has 31 heavy (non-hydrogen) atoms. The molecule has 2 aromatic rings. The summed E-state index contributed by atoms with van der Waals surface area (Å²) in [6.07, 6.45) is 1.12. The molecule has 0 saturated carbocycles. The molecule has 0 aliphatic carbocycles. The van der Waals surface area contributed by atoms with Gasteiger partial charge in [-0.3, -0.25) is 14.5 Å². The molecule has 2 N–H and O–H groups in total. The van der Waals surface area contributed by atoms with E-state index in [9.17, 15) is 22.8 Å². The van der Waals surface area contributed by atoms with E-state index in [1.165, 1.54) is 12.1 Å². The summed E-state index contributed by atoms with van der Waals surface area (Å²) >= 11 is 0. The summed E-state index contributed by atoms with van der Waals surface area (Å²) in [5.74, 6) is -1.00. The molecule has 0 bridgehead atoms. The number of urea groups is 1. The Kier molecular flexibility index (Phi) is 5.91. The van der Waals surface area contributed by atoms with Gasteiger partial charge in [-0.05, 0) is 44.0 Å². The smallest absolute Gasteiger partial charge is 0.325 e. The summed E-state index contributed by atoms with van der Waals surface area (Å²) in [6, 6.07) is 12.4. The Morgan fingerprint density at radius 3 is 2.23 bits per heavy atom. The van der Waals surface area contributed by atoms with E-state index in [1.54, 1.807) is 38.1 Å². The highest BCUT2D eigenvalue weighted by Crippen LogP contribution is 2.29. The zero-order valence-electron chi connectivity index (χ0n) is 17.8. The first kappa shape index (κ1) is 22.5. The first-order valence-electron chi connectivity index (χ1n) is 9.72. The van der Waals surface area contributed by atoms with Gasteiger partial charge in [-0.1, -0.05) is 42.0 Å². The van der Waals surface area contributed by atoms with Crippen molar-refractivity contribution in [2.24, 2.45) is 0 Å². The highest BCUT2D eigenvalue weighted by atomic mass is 32.2. The normalized spacial score (nSPS) is 19.8. The number of nitrogens with zero attached hydrogens (tertiary/aromatic N) is 1. The molecule has 9 heteroatoms. The summed E-state index contributed by atoms with van der Waals surface area (Å²) in [5.41, 5.74) is 1.12. The predicted octanol–water partition coefficient (Wildman–Crippen LogP) is 2.04. The quantitative estimate of drug-likeness (QED) is 0.664. The minimum atomic E-state index is -3.31. The average Bonchev–Trinajstić information content (AvgIpc) is 2.91. The number of sulfone groups is 1. The van der Waals surface area contributed by atoms with E-state index < -0.39 is 45.8 Å². The molecule has 0 radical (unpaired) electrons. The van der Waals surface area contributed by atoms with Crippen molar-refractivity contribution < 1.29 is 22.8 Å². The SMILES string of the molecule is Cc1ccc(C2(C)NC(=O)N(CC(=O)NC(C)c3ccc(S(C)(=O)=O)cc3)C2=O)cc1. The van der Waals surface area contributed by atoms with E-state index in [4.69, 9.17) is 0 Å². The number of nitrogens with one attached hydrogen (secondary N) is 2. The van der Waals surface area contributed by atoms with Crippen LogP contribution in [0.15, 0.2) is 53.4 Å². The van der Waals surface area contributed by atoms with Gasteiger partial charge >= 0.3 is 6.03 Å². The van der Waals surface area contributed by atoms with Crippen LogP contribution in [0.5, 0.6) is 0 Å². The molecule has 0 aromatic heterocycles. The zero-order chi connectivity index (χ0) is 23.0. The molecule has 8 nitrogen and oxygen atoms in total. The monoisotopic (exact) mass is 443 g/mol. The Hall–Kier alpha value is -3.20. The fourth-order valence-electron chi connectivity index (χ4n) is 3.44. The topological polar surface area (TPSA) is 113 Å². The van der Waals surface area contributed by atoms with Gasteiger partial charge in [0.1, 0.15) is 12.1 Å². The van der Waals surface area contributed by atoms with Crippen molar-refractivity contribution in [2.45, 2.75) is 37.2 Å². The standard InChI is InChI=1S/C22H25N3O5S/c1-14-5-9-17(10-6-14)22(3)20(27)25(21(28)24-22)13-19(26)23-15(2)16-7-11-18(12-8-16)31(4,29)30/h5-12,15H,13H2,1-4H3,(H,23,26)(H,24,28). The van der Waals surface area contributed by atoms with E-state index in [1.807, 2.05) is 19.1 Å². The molecular weight excluding hydrogens is 418 g/mol. The first-order valence-corrected chi connectivity index (χ1v) is 11.6. The van der Waals surface area contributed by atoms with Crippen molar-refractivity contribution in [2.75, 3.05) is 12.8 Å². The number of aryl methyl sites for hydroxylation is 1. The van der Waals surface area contributed by atoms with Gasteiger partial charge in [-0.2, -0.15) is 0 Å². The summed E-state index contributed by atoms with van der Waals surface area (Å²) in [4.78, 5) is 39.0. The number of benzene rings is 2. The number of hydrogen-bond acceptors (Lipinski definition) is 5. The Balaban J connectivity index is 1.68. The molecule has 2 unspecified atom stereocenters. The van der Waals surface area contributed by atoms with Gasteiger partial charge < -0.3 is 10.6 Å². The number of rotatable bonds is 6. The van der Waals surface area contributed by atoms with Gasteiger partial charge in [0.25, 0.3) is 5.91 Å². The maximum Gasteiger partial charge on any atom is 0.325 e. The second-order valence-electron chi connectivity index (χ2n) is 7.94. The molecule has 1 fully saturated rings. The molecule has 1 aliphatic rings. The van der Waals surface area contributed by atoms with E-state index in [0.29, 0.717) is 11.1 Å². The minimum absolute atomic E-state index is 0.185. The van der Waals surface area contributed by atoms with E-state index in [0.717, 1.165) is 16.7 Å². The number of carbonyl (C=O) groups excluding carboxylic acids is 3. The van der Waals surface area contributed by atoms with Gasteiger partial charge in [0, 0.05) is 6.26 Å². The third kappa shape index (κ3) is 4.61. The number of hydrogen-bond donors (Lipinski definition) is 2. The number of imide groups is 1. The van der Waals surface area contributed by atoms with Crippen molar-refractivity contribution in [1.82, 2.24) is 15.5 Å². The lowest BCUT2D eigenvalue weighted by molar-refractivity contribution is -0.135. The molecule has 0 spiro atoms. The van der Waals surface area contributed by atoms with Crippen LogP contribution >= 0.6 is 0 Å². The van der Waals surface area contributed by atoms with Crippen molar-refractivity contribution in [3.8, 4) is 0 Å². The Labute approximate surface area is 181 Å². The van der Waals surface area contributed by atoms with E-state index in [2.05, 4.69) is 10.6 Å². The second-order valence-corrected chi connectivity index (χ2v) is 9.96. The molecule has 1 heterocycles. The van der Waals surface area contributed by atoms with Crippen molar-refractivity contribution >= 4 is 27.7 Å². The van der Waals surface area contributed by atoms with Crippen LogP contribution in [0.25, 0.3) is 0 Å². The van der Waals surface area contributed by atoms with Gasteiger partial charge in [0.2, 0.25) is 5.91 Å². The van der Waals surface area contributed by atoms with Crippen LogP contribution in [-0.2, 0) is 25.0 Å². The van der Waals surface area contributed by atoms with Crippen LogP contribution < -0.4 is 10.6 Å². The summed E-state index contributed by atoms with van der Waals surface area (Å²) in [6.45, 7) is 4.85. The fraction of sp³-hybridized carbons (Fsp3) is 0.318. The van der Waals surface area contributed by atoms with Gasteiger partial charge in [-0.25, -0.2) is 13.2 Å². The van der Waals surface area contributed by atoms with Gasteiger partial charge in [0.15, 0.2) is 9.84 Å². The zero-order valence-corrected chi connectivity index (χ0v) is 18.6. The number of carbonyl (C=O) groups is 3. The molecule has 2 atom stereocenters. The first-order chi connectivity index (χ1) is 14.4. The highest BCUT2D eigenvalue weighted by molar-refractivity contribution is 7.90. The van der Waals surface area contributed by atoms with Crippen molar-refractivity contribution in [3.63, 3.8) is 0 Å². The predicted molar refractivity (Wildman–Crippen MR) is 115 cm³/mol. The molecule has 164 valence electrons. The maximum atomic E-state index is 13.0.